The highest BCUT2D eigenvalue weighted by atomic mass is 16.7. The van der Waals surface area contributed by atoms with Crippen molar-refractivity contribution in [1.82, 2.24) is 0 Å². The highest BCUT2D eigenvalue weighted by Gasteiger charge is 2.28. The minimum absolute atomic E-state index is 0.248. The van der Waals surface area contributed by atoms with E-state index in [1.54, 1.807) is 6.92 Å². The van der Waals surface area contributed by atoms with Crippen molar-refractivity contribution in [2.75, 3.05) is 0 Å². The Hall–Kier alpha value is -1.64. The Kier molecular flexibility index (Phi) is 1.85. The molecule has 2 rings (SSSR count). The smallest absolute Gasteiger partial charge is 0.317 e. The molecule has 1 heterocycles. The molecule has 0 N–H and O–H groups in total. The first kappa shape index (κ1) is 7.98. The van der Waals surface area contributed by atoms with E-state index in [9.17, 15) is 4.79 Å². The van der Waals surface area contributed by atoms with Gasteiger partial charge in [0.05, 0.1) is 0 Å². The maximum absolute atomic E-state index is 11.0. The summed E-state index contributed by atoms with van der Waals surface area (Å²) < 4.78 is 0. The topological polar surface area (TPSA) is 38.7 Å². The third-order valence-electron chi connectivity index (χ3n) is 2.07. The van der Waals surface area contributed by atoms with Crippen LogP contribution in [0.25, 0.3) is 0 Å². The lowest BCUT2D eigenvalue weighted by Crippen LogP contribution is -2.14. The predicted octanol–water partition coefficient (Wildman–Crippen LogP) is 1.58. The van der Waals surface area contributed by atoms with Gasteiger partial charge in [0.2, 0.25) is 0 Å². The standard InChI is InChI=1S/C10H9NO2/c1-7-9(11-13-10(7)12)8-5-3-2-4-6-8/h2-7H,1H3. The molecule has 1 aliphatic heterocycles. The fraction of sp³-hybridized carbons (Fsp3) is 0.200. The second-order valence-electron chi connectivity index (χ2n) is 2.97. The number of benzene rings is 1. The van der Waals surface area contributed by atoms with Crippen LogP contribution in [0.4, 0.5) is 0 Å². The molecule has 1 atom stereocenters. The predicted molar refractivity (Wildman–Crippen MR) is 48.2 cm³/mol. The molecule has 13 heavy (non-hydrogen) atoms. The molecule has 1 unspecified atom stereocenters. The molecular weight excluding hydrogens is 166 g/mol. The molecule has 0 fully saturated rings. The van der Waals surface area contributed by atoms with Crippen molar-refractivity contribution in [1.29, 1.82) is 0 Å². The van der Waals surface area contributed by atoms with E-state index in [1.807, 2.05) is 30.3 Å². The zero-order valence-corrected chi connectivity index (χ0v) is 7.23. The molecule has 0 radical (unpaired) electrons. The van der Waals surface area contributed by atoms with Crippen LogP contribution in [0.3, 0.4) is 0 Å². The van der Waals surface area contributed by atoms with Crippen molar-refractivity contribution in [3.05, 3.63) is 35.9 Å². The van der Waals surface area contributed by atoms with E-state index < -0.39 is 0 Å². The first-order chi connectivity index (χ1) is 6.29. The fourth-order valence-corrected chi connectivity index (χ4v) is 1.28. The van der Waals surface area contributed by atoms with Gasteiger partial charge in [0.15, 0.2) is 0 Å². The number of rotatable bonds is 1. The molecule has 0 amide bonds. The van der Waals surface area contributed by atoms with Gasteiger partial charge in [-0.1, -0.05) is 35.5 Å². The second-order valence-corrected chi connectivity index (χ2v) is 2.97. The van der Waals surface area contributed by atoms with Crippen LogP contribution in [0, 0.1) is 5.92 Å². The Bertz CT molecular complexity index is 356. The largest absolute Gasteiger partial charge is 0.343 e. The van der Waals surface area contributed by atoms with Gasteiger partial charge in [0.1, 0.15) is 11.6 Å². The lowest BCUT2D eigenvalue weighted by atomic mass is 9.99. The van der Waals surface area contributed by atoms with Crippen LogP contribution in [-0.2, 0) is 9.63 Å². The number of carbonyl (C=O) groups excluding carboxylic acids is 1. The van der Waals surface area contributed by atoms with E-state index in [4.69, 9.17) is 0 Å². The molecule has 0 bridgehead atoms. The van der Waals surface area contributed by atoms with E-state index in [-0.39, 0.29) is 11.9 Å². The SMILES string of the molecule is CC1C(=O)ON=C1c1ccccc1. The zero-order chi connectivity index (χ0) is 9.26. The van der Waals surface area contributed by atoms with E-state index >= 15 is 0 Å². The molecule has 3 nitrogen and oxygen atoms in total. The summed E-state index contributed by atoms with van der Waals surface area (Å²) in [4.78, 5) is 15.6. The van der Waals surface area contributed by atoms with Crippen LogP contribution in [0.1, 0.15) is 12.5 Å². The van der Waals surface area contributed by atoms with Gasteiger partial charge in [-0.05, 0) is 6.92 Å². The van der Waals surface area contributed by atoms with Crippen molar-refractivity contribution in [2.45, 2.75) is 6.92 Å². The summed E-state index contributed by atoms with van der Waals surface area (Å²) in [5.41, 5.74) is 1.66. The molecule has 0 saturated carbocycles. The molecule has 0 saturated heterocycles. The maximum atomic E-state index is 11.0. The van der Waals surface area contributed by atoms with Crippen molar-refractivity contribution in [3.8, 4) is 0 Å². The van der Waals surface area contributed by atoms with E-state index in [0.29, 0.717) is 5.71 Å². The summed E-state index contributed by atoms with van der Waals surface area (Å²) >= 11 is 0. The summed E-state index contributed by atoms with van der Waals surface area (Å²) in [7, 11) is 0. The number of hydrogen-bond acceptors (Lipinski definition) is 3. The number of nitrogens with zero attached hydrogens (tertiary/aromatic N) is 1. The Morgan fingerprint density at radius 2 is 2.00 bits per heavy atom. The molecule has 0 aromatic heterocycles. The quantitative estimate of drug-likeness (QED) is 0.608. The van der Waals surface area contributed by atoms with Crippen molar-refractivity contribution >= 4 is 11.7 Å². The summed E-state index contributed by atoms with van der Waals surface area (Å²) in [5.74, 6) is -0.527. The first-order valence-corrected chi connectivity index (χ1v) is 4.13. The molecule has 66 valence electrons. The number of carbonyl (C=O) groups is 1. The van der Waals surface area contributed by atoms with E-state index in [1.165, 1.54) is 0 Å². The second kappa shape index (κ2) is 3.01. The first-order valence-electron chi connectivity index (χ1n) is 4.13. The number of oxime groups is 1. The summed E-state index contributed by atoms with van der Waals surface area (Å²) in [6, 6.07) is 9.57. The summed E-state index contributed by atoms with van der Waals surface area (Å²) in [6.07, 6.45) is 0. The molecule has 3 heteroatoms. The Balaban J connectivity index is 2.34. The average Bonchev–Trinajstić information content (AvgIpc) is 2.49. The molecule has 1 aliphatic rings. The van der Waals surface area contributed by atoms with Gasteiger partial charge in [-0.3, -0.25) is 0 Å². The zero-order valence-electron chi connectivity index (χ0n) is 7.23. The Labute approximate surface area is 76.0 Å². The average molecular weight is 175 g/mol. The Morgan fingerprint density at radius 3 is 2.54 bits per heavy atom. The van der Waals surface area contributed by atoms with Crippen LogP contribution >= 0.6 is 0 Å². The van der Waals surface area contributed by atoms with Gasteiger partial charge in [-0.25, -0.2) is 4.79 Å². The summed E-state index contributed by atoms with van der Waals surface area (Å²) in [5, 5.41) is 3.74. The normalized spacial score (nSPS) is 21.2. The molecule has 0 spiro atoms. The Morgan fingerprint density at radius 1 is 1.31 bits per heavy atom. The molecular formula is C10H9NO2. The minimum Gasteiger partial charge on any atom is -0.317 e. The van der Waals surface area contributed by atoms with Crippen LogP contribution in [0.15, 0.2) is 35.5 Å². The van der Waals surface area contributed by atoms with Gasteiger partial charge in [0, 0.05) is 5.56 Å². The fourth-order valence-electron chi connectivity index (χ4n) is 1.28. The van der Waals surface area contributed by atoms with E-state index in [2.05, 4.69) is 9.99 Å². The van der Waals surface area contributed by atoms with Crippen molar-refractivity contribution in [3.63, 3.8) is 0 Å². The van der Waals surface area contributed by atoms with Crippen molar-refractivity contribution < 1.29 is 9.63 Å². The number of hydrogen-bond donors (Lipinski definition) is 0. The highest BCUT2D eigenvalue weighted by molar-refractivity contribution is 6.13. The maximum Gasteiger partial charge on any atom is 0.343 e. The van der Waals surface area contributed by atoms with Gasteiger partial charge in [0.25, 0.3) is 0 Å². The van der Waals surface area contributed by atoms with Gasteiger partial charge < -0.3 is 4.84 Å². The van der Waals surface area contributed by atoms with Gasteiger partial charge in [-0.15, -0.1) is 0 Å². The van der Waals surface area contributed by atoms with Crippen LogP contribution in [0.5, 0.6) is 0 Å². The van der Waals surface area contributed by atoms with Gasteiger partial charge in [-0.2, -0.15) is 0 Å². The molecule has 0 aliphatic carbocycles. The third-order valence-corrected chi connectivity index (χ3v) is 2.07. The van der Waals surface area contributed by atoms with Crippen LogP contribution in [-0.4, -0.2) is 11.7 Å². The molecule has 1 aromatic carbocycles. The third kappa shape index (κ3) is 1.33. The minimum atomic E-state index is -0.279. The van der Waals surface area contributed by atoms with Crippen LogP contribution < -0.4 is 0 Å². The lowest BCUT2D eigenvalue weighted by molar-refractivity contribution is -0.142. The highest BCUT2D eigenvalue weighted by Crippen LogP contribution is 2.17. The van der Waals surface area contributed by atoms with Crippen LogP contribution in [0.2, 0.25) is 0 Å². The monoisotopic (exact) mass is 175 g/mol. The molecule has 1 aromatic rings. The van der Waals surface area contributed by atoms with E-state index in [0.717, 1.165) is 5.56 Å². The van der Waals surface area contributed by atoms with Crippen molar-refractivity contribution in [2.24, 2.45) is 11.1 Å². The lowest BCUT2D eigenvalue weighted by Gasteiger charge is -2.00. The summed E-state index contributed by atoms with van der Waals surface area (Å²) in [6.45, 7) is 1.79. The van der Waals surface area contributed by atoms with Gasteiger partial charge >= 0.3 is 5.97 Å².